The number of nitrogens with zero attached hydrogens (tertiary/aromatic N) is 1. The molecule has 0 aliphatic carbocycles. The summed E-state index contributed by atoms with van der Waals surface area (Å²) in [5.74, 6) is -0.267. The molecular weight excluding hydrogens is 216 g/mol. The number of ether oxygens (including phenoxy) is 1. The molecule has 1 atom stereocenters. The van der Waals surface area contributed by atoms with Crippen molar-refractivity contribution in [3.8, 4) is 0 Å². The van der Waals surface area contributed by atoms with Crippen molar-refractivity contribution in [1.82, 2.24) is 0 Å². The fraction of sp³-hybridized carbons (Fsp3) is 0.462. The second-order valence-corrected chi connectivity index (χ2v) is 4.26. The van der Waals surface area contributed by atoms with E-state index in [4.69, 9.17) is 10.5 Å². The second-order valence-electron chi connectivity index (χ2n) is 4.26. The van der Waals surface area contributed by atoms with Crippen molar-refractivity contribution in [2.24, 2.45) is 5.73 Å². The molecule has 4 nitrogen and oxygen atoms in total. The number of carbonyl (C=O) groups excluding carboxylic acids is 1. The zero-order chi connectivity index (χ0) is 12.3. The van der Waals surface area contributed by atoms with Crippen LogP contribution in [0.1, 0.15) is 23.7 Å². The summed E-state index contributed by atoms with van der Waals surface area (Å²) >= 11 is 0. The van der Waals surface area contributed by atoms with Crippen LogP contribution < -0.4 is 10.6 Å². The molecule has 0 aromatic heterocycles. The Morgan fingerprint density at radius 1 is 1.47 bits per heavy atom. The number of esters is 1. The van der Waals surface area contributed by atoms with E-state index in [-0.39, 0.29) is 12.0 Å². The maximum atomic E-state index is 11.5. The van der Waals surface area contributed by atoms with Crippen molar-refractivity contribution in [3.63, 3.8) is 0 Å². The number of carbonyl (C=O) groups is 1. The van der Waals surface area contributed by atoms with E-state index in [9.17, 15) is 4.79 Å². The van der Waals surface area contributed by atoms with Crippen molar-refractivity contribution in [2.45, 2.75) is 19.4 Å². The molecule has 0 amide bonds. The first-order chi connectivity index (χ1) is 8.20. The Morgan fingerprint density at radius 2 is 2.18 bits per heavy atom. The minimum Gasteiger partial charge on any atom is -0.462 e. The molecule has 0 bridgehead atoms. The smallest absolute Gasteiger partial charge is 0.338 e. The highest BCUT2D eigenvalue weighted by Gasteiger charge is 2.19. The monoisotopic (exact) mass is 234 g/mol. The van der Waals surface area contributed by atoms with Gasteiger partial charge in [0.25, 0.3) is 0 Å². The van der Waals surface area contributed by atoms with Crippen molar-refractivity contribution in [3.05, 3.63) is 29.8 Å². The third kappa shape index (κ3) is 2.77. The molecule has 1 aromatic rings. The van der Waals surface area contributed by atoms with E-state index in [1.807, 2.05) is 12.1 Å². The Kier molecular flexibility index (Phi) is 3.64. The van der Waals surface area contributed by atoms with Gasteiger partial charge in [-0.3, -0.25) is 0 Å². The Balaban J connectivity index is 2.05. The van der Waals surface area contributed by atoms with Crippen LogP contribution in [0, 0.1) is 0 Å². The molecule has 0 spiro atoms. The molecule has 0 saturated carbocycles. The average Bonchev–Trinajstić information content (AvgIpc) is 2.76. The fourth-order valence-electron chi connectivity index (χ4n) is 2.04. The summed E-state index contributed by atoms with van der Waals surface area (Å²) in [5.41, 5.74) is 7.58. The van der Waals surface area contributed by atoms with Gasteiger partial charge in [0, 0.05) is 24.8 Å². The molecule has 17 heavy (non-hydrogen) atoms. The molecule has 1 aliphatic heterocycles. The molecule has 1 fully saturated rings. The van der Waals surface area contributed by atoms with Gasteiger partial charge in [0.15, 0.2) is 0 Å². The molecule has 1 aliphatic rings. The van der Waals surface area contributed by atoms with Gasteiger partial charge in [0.2, 0.25) is 0 Å². The summed E-state index contributed by atoms with van der Waals surface area (Å²) in [4.78, 5) is 13.7. The van der Waals surface area contributed by atoms with E-state index in [1.165, 1.54) is 0 Å². The molecule has 1 saturated heterocycles. The van der Waals surface area contributed by atoms with Crippen LogP contribution in [-0.4, -0.2) is 31.7 Å². The summed E-state index contributed by atoms with van der Waals surface area (Å²) in [5, 5.41) is 0. The van der Waals surface area contributed by atoms with E-state index in [0.717, 1.165) is 25.2 Å². The minimum atomic E-state index is -0.267. The lowest BCUT2D eigenvalue weighted by atomic mass is 10.2. The van der Waals surface area contributed by atoms with E-state index in [1.54, 1.807) is 19.1 Å². The van der Waals surface area contributed by atoms with Gasteiger partial charge in [-0.15, -0.1) is 0 Å². The lowest BCUT2D eigenvalue weighted by Gasteiger charge is -2.18. The molecule has 1 aromatic carbocycles. The SMILES string of the molecule is CCOC(=O)c1ccc(N2CC[C@H](N)C2)cc1. The Labute approximate surface area is 101 Å². The van der Waals surface area contributed by atoms with Crippen LogP contribution in [0.4, 0.5) is 5.69 Å². The van der Waals surface area contributed by atoms with Crippen molar-refractivity contribution in [2.75, 3.05) is 24.6 Å². The summed E-state index contributed by atoms with van der Waals surface area (Å²) in [7, 11) is 0. The number of anilines is 1. The van der Waals surface area contributed by atoms with Crippen LogP contribution in [-0.2, 0) is 4.74 Å². The fourth-order valence-corrected chi connectivity index (χ4v) is 2.04. The molecule has 0 radical (unpaired) electrons. The third-order valence-corrected chi connectivity index (χ3v) is 2.97. The Bertz CT molecular complexity index is 389. The predicted molar refractivity (Wildman–Crippen MR) is 67.2 cm³/mol. The average molecular weight is 234 g/mol. The lowest BCUT2D eigenvalue weighted by molar-refractivity contribution is 0.0526. The maximum absolute atomic E-state index is 11.5. The predicted octanol–water partition coefficient (Wildman–Crippen LogP) is 1.40. The lowest BCUT2D eigenvalue weighted by Crippen LogP contribution is -2.26. The molecule has 4 heteroatoms. The number of benzene rings is 1. The van der Waals surface area contributed by atoms with E-state index in [0.29, 0.717) is 12.2 Å². The van der Waals surface area contributed by atoms with Gasteiger partial charge in [-0.2, -0.15) is 0 Å². The van der Waals surface area contributed by atoms with Gasteiger partial charge in [-0.1, -0.05) is 0 Å². The topological polar surface area (TPSA) is 55.6 Å². The summed E-state index contributed by atoms with van der Waals surface area (Å²) in [6, 6.07) is 7.77. The first-order valence-corrected chi connectivity index (χ1v) is 5.98. The van der Waals surface area contributed by atoms with Crippen LogP contribution in [0.2, 0.25) is 0 Å². The molecule has 1 heterocycles. The highest BCUT2D eigenvalue weighted by atomic mass is 16.5. The van der Waals surface area contributed by atoms with E-state index in [2.05, 4.69) is 4.90 Å². The highest BCUT2D eigenvalue weighted by molar-refractivity contribution is 5.89. The standard InChI is InChI=1S/C13H18N2O2/c1-2-17-13(16)10-3-5-12(6-4-10)15-8-7-11(14)9-15/h3-6,11H,2,7-9,14H2,1H3/t11-/m0/s1. The number of rotatable bonds is 3. The van der Waals surface area contributed by atoms with Crippen LogP contribution in [0.3, 0.4) is 0 Å². The first-order valence-electron chi connectivity index (χ1n) is 5.98. The third-order valence-electron chi connectivity index (χ3n) is 2.97. The quantitative estimate of drug-likeness (QED) is 0.803. The first kappa shape index (κ1) is 11.9. The molecule has 2 N–H and O–H groups in total. The van der Waals surface area contributed by atoms with Gasteiger partial charge in [0.05, 0.1) is 12.2 Å². The van der Waals surface area contributed by atoms with Gasteiger partial charge in [-0.05, 0) is 37.6 Å². The molecule has 2 rings (SSSR count). The Morgan fingerprint density at radius 3 is 2.71 bits per heavy atom. The summed E-state index contributed by atoms with van der Waals surface area (Å²) in [6.45, 7) is 4.08. The van der Waals surface area contributed by atoms with Crippen molar-refractivity contribution < 1.29 is 9.53 Å². The van der Waals surface area contributed by atoms with Crippen LogP contribution in [0.5, 0.6) is 0 Å². The van der Waals surface area contributed by atoms with Gasteiger partial charge in [-0.25, -0.2) is 4.79 Å². The number of hydrogen-bond acceptors (Lipinski definition) is 4. The van der Waals surface area contributed by atoms with Gasteiger partial charge in [0.1, 0.15) is 0 Å². The van der Waals surface area contributed by atoms with Gasteiger partial charge < -0.3 is 15.4 Å². The van der Waals surface area contributed by atoms with Crippen molar-refractivity contribution in [1.29, 1.82) is 0 Å². The maximum Gasteiger partial charge on any atom is 0.338 e. The number of hydrogen-bond donors (Lipinski definition) is 1. The van der Waals surface area contributed by atoms with Crippen LogP contribution in [0.25, 0.3) is 0 Å². The summed E-state index contributed by atoms with van der Waals surface area (Å²) in [6.07, 6.45) is 1.03. The van der Waals surface area contributed by atoms with E-state index < -0.39 is 0 Å². The molecular formula is C13H18N2O2. The zero-order valence-corrected chi connectivity index (χ0v) is 10.1. The van der Waals surface area contributed by atoms with Crippen molar-refractivity contribution >= 4 is 11.7 Å². The minimum absolute atomic E-state index is 0.264. The summed E-state index contributed by atoms with van der Waals surface area (Å²) < 4.78 is 4.94. The highest BCUT2D eigenvalue weighted by Crippen LogP contribution is 2.20. The van der Waals surface area contributed by atoms with Crippen LogP contribution >= 0.6 is 0 Å². The number of nitrogens with two attached hydrogens (primary N) is 1. The largest absolute Gasteiger partial charge is 0.462 e. The van der Waals surface area contributed by atoms with E-state index >= 15 is 0 Å². The second kappa shape index (κ2) is 5.19. The molecule has 0 unspecified atom stereocenters. The normalized spacial score (nSPS) is 19.4. The Hall–Kier alpha value is -1.55. The van der Waals surface area contributed by atoms with Crippen LogP contribution in [0.15, 0.2) is 24.3 Å². The molecule has 92 valence electrons. The zero-order valence-electron chi connectivity index (χ0n) is 10.1. The van der Waals surface area contributed by atoms with Gasteiger partial charge >= 0.3 is 5.97 Å².